The zero-order valence-corrected chi connectivity index (χ0v) is 18.3. The van der Waals surface area contributed by atoms with Crippen molar-refractivity contribution < 1.29 is 17.9 Å². The van der Waals surface area contributed by atoms with Gasteiger partial charge < -0.3 is 14.6 Å². The number of hydrogen-bond donors (Lipinski definition) is 2. The summed E-state index contributed by atoms with van der Waals surface area (Å²) in [5, 5.41) is 9.43. The fourth-order valence-corrected chi connectivity index (χ4v) is 5.41. The number of benzene rings is 1. The minimum atomic E-state index is -3.79. The maximum absolute atomic E-state index is 13.3. The second-order valence-electron chi connectivity index (χ2n) is 7.01. The van der Waals surface area contributed by atoms with E-state index in [9.17, 15) is 13.2 Å². The Kier molecular flexibility index (Phi) is 6.39. The molecule has 1 aliphatic heterocycles. The fourth-order valence-electron chi connectivity index (χ4n) is 3.37. The van der Waals surface area contributed by atoms with Gasteiger partial charge in [-0.1, -0.05) is 6.42 Å². The molecule has 29 heavy (non-hydrogen) atoms. The van der Waals surface area contributed by atoms with Crippen LogP contribution in [0.3, 0.4) is 0 Å². The van der Waals surface area contributed by atoms with Crippen LogP contribution in [-0.2, 0) is 23.6 Å². The lowest BCUT2D eigenvalue weighted by atomic mass is 10.1. The predicted octanol–water partition coefficient (Wildman–Crippen LogP) is 1.98. The van der Waals surface area contributed by atoms with Crippen molar-refractivity contribution in [2.75, 3.05) is 13.7 Å². The average Bonchev–Trinajstić information content (AvgIpc) is 3.03. The molecule has 1 amide bonds. The minimum absolute atomic E-state index is 0.000399. The van der Waals surface area contributed by atoms with E-state index in [1.807, 2.05) is 6.92 Å². The van der Waals surface area contributed by atoms with E-state index in [2.05, 4.69) is 15.5 Å². The van der Waals surface area contributed by atoms with Crippen molar-refractivity contribution in [2.45, 2.75) is 43.7 Å². The molecule has 3 rings (SSSR count). The van der Waals surface area contributed by atoms with Crippen LogP contribution in [0.25, 0.3) is 0 Å². The third-order valence-corrected chi connectivity index (χ3v) is 7.53. The van der Waals surface area contributed by atoms with Crippen LogP contribution in [0, 0.1) is 4.77 Å². The van der Waals surface area contributed by atoms with Crippen LogP contribution in [0.2, 0.25) is 0 Å². The van der Waals surface area contributed by atoms with Crippen LogP contribution in [0.15, 0.2) is 23.1 Å². The molecule has 11 heteroatoms. The molecule has 0 bridgehead atoms. The van der Waals surface area contributed by atoms with Crippen LogP contribution in [-0.4, -0.2) is 53.1 Å². The Labute approximate surface area is 175 Å². The standard InChI is InChI=1S/C18H25N5O4S2/c1-12-6-4-5-9-23(12)29(25,26)15-10-13(7-8-14(15)27-3)17(24)19-11-16-20-21-18(28)22(16)2/h7-8,10,12H,4-6,9,11H2,1-3H3,(H,19,24)(H,21,28). The first kappa shape index (κ1) is 21.5. The molecule has 0 saturated carbocycles. The molecule has 1 fully saturated rings. The van der Waals surface area contributed by atoms with E-state index in [1.165, 1.54) is 29.6 Å². The molecule has 1 saturated heterocycles. The number of carbonyl (C=O) groups excluding carboxylic acids is 1. The first-order chi connectivity index (χ1) is 13.8. The predicted molar refractivity (Wildman–Crippen MR) is 110 cm³/mol. The lowest BCUT2D eigenvalue weighted by Gasteiger charge is -2.32. The van der Waals surface area contributed by atoms with Crippen LogP contribution >= 0.6 is 12.2 Å². The molecule has 0 radical (unpaired) electrons. The van der Waals surface area contributed by atoms with Crippen molar-refractivity contribution in [3.05, 3.63) is 34.4 Å². The summed E-state index contributed by atoms with van der Waals surface area (Å²) < 4.78 is 35.4. The molecule has 158 valence electrons. The van der Waals surface area contributed by atoms with Crippen molar-refractivity contribution in [1.29, 1.82) is 0 Å². The number of piperidine rings is 1. The van der Waals surface area contributed by atoms with Crippen LogP contribution < -0.4 is 10.1 Å². The van der Waals surface area contributed by atoms with Gasteiger partial charge >= 0.3 is 0 Å². The Morgan fingerprint density at radius 2 is 2.17 bits per heavy atom. The molecule has 2 heterocycles. The van der Waals surface area contributed by atoms with Crippen molar-refractivity contribution in [2.24, 2.45) is 7.05 Å². The molecule has 1 aromatic carbocycles. The second kappa shape index (κ2) is 8.64. The lowest BCUT2D eigenvalue weighted by molar-refractivity contribution is 0.0949. The van der Waals surface area contributed by atoms with Crippen LogP contribution in [0.5, 0.6) is 5.75 Å². The average molecular weight is 440 g/mol. The number of H-pyrrole nitrogens is 1. The Balaban J connectivity index is 1.87. The molecule has 1 aromatic heterocycles. The molecule has 1 aliphatic rings. The van der Waals surface area contributed by atoms with Gasteiger partial charge in [0.2, 0.25) is 10.0 Å². The Morgan fingerprint density at radius 3 is 2.79 bits per heavy atom. The third-order valence-electron chi connectivity index (χ3n) is 5.13. The van der Waals surface area contributed by atoms with Gasteiger partial charge in [-0.25, -0.2) is 8.42 Å². The molecule has 0 spiro atoms. The number of amides is 1. The first-order valence-corrected chi connectivity index (χ1v) is 11.2. The molecule has 0 aliphatic carbocycles. The molecule has 2 aromatic rings. The largest absolute Gasteiger partial charge is 0.495 e. The summed E-state index contributed by atoms with van der Waals surface area (Å²) in [6, 6.07) is 4.32. The van der Waals surface area contributed by atoms with Gasteiger partial charge in [0.1, 0.15) is 10.6 Å². The maximum Gasteiger partial charge on any atom is 0.251 e. The van der Waals surface area contributed by atoms with Crippen LogP contribution in [0.4, 0.5) is 0 Å². The number of nitrogens with one attached hydrogen (secondary N) is 2. The second-order valence-corrected chi connectivity index (χ2v) is 9.26. The Hall–Kier alpha value is -2.24. The number of methoxy groups -OCH3 is 1. The highest BCUT2D eigenvalue weighted by molar-refractivity contribution is 7.89. The number of rotatable bonds is 6. The Morgan fingerprint density at radius 1 is 1.41 bits per heavy atom. The van der Waals surface area contributed by atoms with Gasteiger partial charge in [0.15, 0.2) is 10.6 Å². The summed E-state index contributed by atoms with van der Waals surface area (Å²) in [6.45, 7) is 2.51. The monoisotopic (exact) mass is 439 g/mol. The van der Waals surface area contributed by atoms with Gasteiger partial charge in [0, 0.05) is 25.2 Å². The van der Waals surface area contributed by atoms with Gasteiger partial charge in [-0.05, 0) is 50.2 Å². The van der Waals surface area contributed by atoms with Gasteiger partial charge in [-0.2, -0.15) is 9.40 Å². The highest BCUT2D eigenvalue weighted by atomic mass is 32.2. The molecule has 1 atom stereocenters. The summed E-state index contributed by atoms with van der Waals surface area (Å²) in [4.78, 5) is 12.6. The van der Waals surface area contributed by atoms with E-state index in [-0.39, 0.29) is 28.8 Å². The minimum Gasteiger partial charge on any atom is -0.495 e. The molecule has 2 N–H and O–H groups in total. The van der Waals surface area contributed by atoms with Crippen LogP contribution in [0.1, 0.15) is 42.4 Å². The summed E-state index contributed by atoms with van der Waals surface area (Å²) in [7, 11) is -0.632. The summed E-state index contributed by atoms with van der Waals surface area (Å²) >= 11 is 5.05. The fraction of sp³-hybridized carbons (Fsp3) is 0.500. The summed E-state index contributed by atoms with van der Waals surface area (Å²) in [5.41, 5.74) is 0.228. The van der Waals surface area contributed by atoms with E-state index >= 15 is 0 Å². The SMILES string of the molecule is COc1ccc(C(=O)NCc2n[nH]c(=S)n2C)cc1S(=O)(=O)N1CCCCC1C. The van der Waals surface area contributed by atoms with Gasteiger partial charge in [0.25, 0.3) is 5.91 Å². The highest BCUT2D eigenvalue weighted by Crippen LogP contribution is 2.31. The lowest BCUT2D eigenvalue weighted by Crippen LogP contribution is -2.42. The highest BCUT2D eigenvalue weighted by Gasteiger charge is 2.33. The Bertz CT molecular complexity index is 1060. The zero-order chi connectivity index (χ0) is 21.2. The molecular formula is C18H25N5O4S2. The number of ether oxygens (including phenoxy) is 1. The number of aromatic amines is 1. The summed E-state index contributed by atoms with van der Waals surface area (Å²) in [6.07, 6.45) is 2.63. The quantitative estimate of drug-likeness (QED) is 0.666. The van der Waals surface area contributed by atoms with Gasteiger partial charge in [-0.3, -0.25) is 9.89 Å². The maximum atomic E-state index is 13.3. The number of nitrogens with zero attached hydrogens (tertiary/aromatic N) is 3. The van der Waals surface area contributed by atoms with E-state index in [1.54, 1.807) is 11.6 Å². The number of carbonyl (C=O) groups is 1. The van der Waals surface area contributed by atoms with E-state index in [4.69, 9.17) is 17.0 Å². The number of hydrogen-bond acceptors (Lipinski definition) is 6. The van der Waals surface area contributed by atoms with Crippen molar-refractivity contribution in [3.63, 3.8) is 0 Å². The van der Waals surface area contributed by atoms with Crippen molar-refractivity contribution in [3.8, 4) is 5.75 Å². The normalized spacial score (nSPS) is 17.8. The zero-order valence-electron chi connectivity index (χ0n) is 16.6. The van der Waals surface area contributed by atoms with Gasteiger partial charge in [-0.15, -0.1) is 0 Å². The van der Waals surface area contributed by atoms with E-state index in [0.717, 1.165) is 19.3 Å². The summed E-state index contributed by atoms with van der Waals surface area (Å²) in [5.74, 6) is 0.366. The first-order valence-electron chi connectivity index (χ1n) is 9.34. The molecule has 9 nitrogen and oxygen atoms in total. The molecular weight excluding hydrogens is 414 g/mol. The molecule has 1 unspecified atom stereocenters. The number of aromatic nitrogens is 3. The van der Waals surface area contributed by atoms with Gasteiger partial charge in [0.05, 0.1) is 13.7 Å². The number of sulfonamides is 1. The van der Waals surface area contributed by atoms with Crippen molar-refractivity contribution in [1.82, 2.24) is 24.4 Å². The van der Waals surface area contributed by atoms with E-state index in [0.29, 0.717) is 17.1 Å². The smallest absolute Gasteiger partial charge is 0.251 e. The topological polar surface area (TPSA) is 109 Å². The third kappa shape index (κ3) is 4.36. The van der Waals surface area contributed by atoms with Crippen molar-refractivity contribution >= 4 is 28.1 Å². The van der Waals surface area contributed by atoms with E-state index < -0.39 is 15.9 Å².